The first-order chi connectivity index (χ1) is 10.9. The maximum absolute atomic E-state index is 12.1. The van der Waals surface area contributed by atoms with Gasteiger partial charge in [-0.25, -0.2) is 4.79 Å². The third-order valence-electron chi connectivity index (χ3n) is 3.01. The predicted molar refractivity (Wildman–Crippen MR) is 90.8 cm³/mol. The van der Waals surface area contributed by atoms with Crippen LogP contribution >= 0.6 is 23.2 Å². The van der Waals surface area contributed by atoms with Gasteiger partial charge in [0.15, 0.2) is 6.10 Å². The van der Waals surface area contributed by atoms with Crippen molar-refractivity contribution in [1.29, 1.82) is 0 Å². The van der Waals surface area contributed by atoms with Crippen molar-refractivity contribution in [3.8, 4) is 0 Å². The molecule has 0 spiro atoms. The standard InChI is InChI=1S/C16H14Cl2N2O3/c1-9(15(21)20-11-5-3-2-4-6-11)23-16(22)12-7-10(17)8-13(18)14(12)19/h2-9H,19H2,1H3,(H,20,21)/t9-/m1/s1. The lowest BCUT2D eigenvalue weighted by molar-refractivity contribution is -0.123. The monoisotopic (exact) mass is 352 g/mol. The highest BCUT2D eigenvalue weighted by molar-refractivity contribution is 6.37. The minimum Gasteiger partial charge on any atom is -0.449 e. The number of esters is 1. The summed E-state index contributed by atoms with van der Waals surface area (Å²) in [4.78, 5) is 24.2. The van der Waals surface area contributed by atoms with Crippen LogP contribution < -0.4 is 11.1 Å². The summed E-state index contributed by atoms with van der Waals surface area (Å²) in [7, 11) is 0. The van der Waals surface area contributed by atoms with Crippen molar-refractivity contribution in [2.75, 3.05) is 11.1 Å². The van der Waals surface area contributed by atoms with Crippen LogP contribution in [0.15, 0.2) is 42.5 Å². The van der Waals surface area contributed by atoms with Crippen molar-refractivity contribution in [3.63, 3.8) is 0 Å². The number of hydrogen-bond acceptors (Lipinski definition) is 4. The van der Waals surface area contributed by atoms with Crippen LogP contribution in [0.3, 0.4) is 0 Å². The smallest absolute Gasteiger partial charge is 0.341 e. The molecule has 0 saturated carbocycles. The summed E-state index contributed by atoms with van der Waals surface area (Å²) in [5.74, 6) is -1.24. The lowest BCUT2D eigenvalue weighted by atomic mass is 10.2. The number of nitrogen functional groups attached to an aromatic ring is 1. The molecule has 2 aromatic carbocycles. The molecular formula is C16H14Cl2N2O3. The van der Waals surface area contributed by atoms with Crippen LogP contribution in [0.4, 0.5) is 11.4 Å². The average molecular weight is 353 g/mol. The maximum atomic E-state index is 12.1. The van der Waals surface area contributed by atoms with Gasteiger partial charge < -0.3 is 15.8 Å². The van der Waals surface area contributed by atoms with Crippen molar-refractivity contribution in [2.45, 2.75) is 13.0 Å². The summed E-state index contributed by atoms with van der Waals surface area (Å²) >= 11 is 11.7. The van der Waals surface area contributed by atoms with E-state index in [2.05, 4.69) is 5.32 Å². The molecule has 23 heavy (non-hydrogen) atoms. The van der Waals surface area contributed by atoms with Crippen LogP contribution in [0.1, 0.15) is 17.3 Å². The molecule has 0 fully saturated rings. The average Bonchev–Trinajstić information content (AvgIpc) is 2.51. The second kappa shape index (κ2) is 7.35. The number of ether oxygens (including phenoxy) is 1. The molecule has 1 amide bonds. The maximum Gasteiger partial charge on any atom is 0.341 e. The highest BCUT2D eigenvalue weighted by Crippen LogP contribution is 2.28. The molecular weight excluding hydrogens is 339 g/mol. The highest BCUT2D eigenvalue weighted by Gasteiger charge is 2.21. The van der Waals surface area contributed by atoms with Crippen LogP contribution in [0.2, 0.25) is 10.0 Å². The minimum absolute atomic E-state index is 0.0156. The van der Waals surface area contributed by atoms with E-state index in [4.69, 9.17) is 33.7 Å². The van der Waals surface area contributed by atoms with Crippen LogP contribution in [-0.2, 0) is 9.53 Å². The van der Waals surface area contributed by atoms with E-state index in [-0.39, 0.29) is 21.3 Å². The Morgan fingerprint density at radius 3 is 2.48 bits per heavy atom. The lowest BCUT2D eigenvalue weighted by Crippen LogP contribution is -2.30. The molecule has 0 unspecified atom stereocenters. The fourth-order valence-electron chi connectivity index (χ4n) is 1.80. The third kappa shape index (κ3) is 4.37. The van der Waals surface area contributed by atoms with Crippen LogP contribution in [-0.4, -0.2) is 18.0 Å². The SMILES string of the molecule is C[C@@H](OC(=O)c1cc(Cl)cc(Cl)c1N)C(=O)Nc1ccccc1. The Balaban J connectivity index is 2.06. The number of para-hydroxylation sites is 1. The van der Waals surface area contributed by atoms with Crippen molar-refractivity contribution in [3.05, 3.63) is 58.1 Å². The molecule has 1 atom stereocenters. The molecule has 2 aromatic rings. The number of rotatable bonds is 4. The quantitative estimate of drug-likeness (QED) is 0.648. The summed E-state index contributed by atoms with van der Waals surface area (Å²) in [6.07, 6.45) is -1.01. The Bertz CT molecular complexity index is 736. The van der Waals surface area contributed by atoms with Gasteiger partial charge in [-0.3, -0.25) is 4.79 Å². The zero-order valence-corrected chi connectivity index (χ0v) is 13.7. The van der Waals surface area contributed by atoms with Gasteiger partial charge in [-0.15, -0.1) is 0 Å². The van der Waals surface area contributed by atoms with E-state index in [0.29, 0.717) is 5.69 Å². The van der Waals surface area contributed by atoms with E-state index in [1.165, 1.54) is 19.1 Å². The zero-order chi connectivity index (χ0) is 17.0. The van der Waals surface area contributed by atoms with Gasteiger partial charge >= 0.3 is 5.97 Å². The second-order valence-corrected chi connectivity index (χ2v) is 5.60. The van der Waals surface area contributed by atoms with E-state index < -0.39 is 18.0 Å². The number of nitrogens with one attached hydrogen (secondary N) is 1. The Morgan fingerprint density at radius 2 is 1.83 bits per heavy atom. The van der Waals surface area contributed by atoms with E-state index in [9.17, 15) is 9.59 Å². The fraction of sp³-hybridized carbons (Fsp3) is 0.125. The van der Waals surface area contributed by atoms with E-state index in [0.717, 1.165) is 0 Å². The lowest BCUT2D eigenvalue weighted by Gasteiger charge is -2.15. The van der Waals surface area contributed by atoms with Crippen molar-refractivity contribution >= 4 is 46.5 Å². The first-order valence-corrected chi connectivity index (χ1v) is 7.45. The summed E-state index contributed by atoms with van der Waals surface area (Å²) in [6, 6.07) is 11.6. The Hall–Kier alpha value is -2.24. The van der Waals surface area contributed by atoms with Gasteiger partial charge in [-0.2, -0.15) is 0 Å². The fourth-order valence-corrected chi connectivity index (χ4v) is 2.29. The second-order valence-electron chi connectivity index (χ2n) is 4.75. The van der Waals surface area contributed by atoms with Gasteiger partial charge in [-0.05, 0) is 31.2 Å². The van der Waals surface area contributed by atoms with Crippen LogP contribution in [0.5, 0.6) is 0 Å². The zero-order valence-electron chi connectivity index (χ0n) is 12.2. The van der Waals surface area contributed by atoms with Crippen molar-refractivity contribution in [1.82, 2.24) is 0 Å². The van der Waals surface area contributed by atoms with Crippen molar-refractivity contribution in [2.24, 2.45) is 0 Å². The molecule has 0 heterocycles. The van der Waals surface area contributed by atoms with Crippen LogP contribution in [0, 0.1) is 0 Å². The Morgan fingerprint density at radius 1 is 1.17 bits per heavy atom. The van der Waals surface area contributed by atoms with Gasteiger partial charge in [0.1, 0.15) is 0 Å². The molecule has 0 aliphatic heterocycles. The van der Waals surface area contributed by atoms with Gasteiger partial charge in [0, 0.05) is 10.7 Å². The van der Waals surface area contributed by atoms with Gasteiger partial charge in [0.2, 0.25) is 0 Å². The molecule has 0 aliphatic carbocycles. The third-order valence-corrected chi connectivity index (χ3v) is 3.54. The minimum atomic E-state index is -1.01. The van der Waals surface area contributed by atoms with Crippen LogP contribution in [0.25, 0.3) is 0 Å². The molecule has 0 bridgehead atoms. The largest absolute Gasteiger partial charge is 0.449 e. The summed E-state index contributed by atoms with van der Waals surface area (Å²) < 4.78 is 5.11. The first kappa shape index (κ1) is 17.1. The number of hydrogen-bond donors (Lipinski definition) is 2. The van der Waals surface area contributed by atoms with E-state index in [1.807, 2.05) is 6.07 Å². The molecule has 120 valence electrons. The number of carbonyl (C=O) groups excluding carboxylic acids is 2. The van der Waals surface area contributed by atoms with E-state index >= 15 is 0 Å². The van der Waals surface area contributed by atoms with E-state index in [1.54, 1.807) is 24.3 Å². The number of carbonyl (C=O) groups is 2. The molecule has 0 radical (unpaired) electrons. The summed E-state index contributed by atoms with van der Waals surface area (Å²) in [5, 5.41) is 3.03. The summed E-state index contributed by atoms with van der Waals surface area (Å²) in [5.41, 5.74) is 6.41. The molecule has 3 N–H and O–H groups in total. The molecule has 5 nitrogen and oxygen atoms in total. The Labute approximate surface area is 143 Å². The highest BCUT2D eigenvalue weighted by atomic mass is 35.5. The van der Waals surface area contributed by atoms with Crippen molar-refractivity contribution < 1.29 is 14.3 Å². The van der Waals surface area contributed by atoms with Gasteiger partial charge in [0.25, 0.3) is 5.91 Å². The topological polar surface area (TPSA) is 81.4 Å². The number of amides is 1. The molecule has 2 rings (SSSR count). The summed E-state index contributed by atoms with van der Waals surface area (Å²) in [6.45, 7) is 1.46. The molecule has 0 saturated heterocycles. The number of benzene rings is 2. The Kier molecular flexibility index (Phi) is 5.47. The first-order valence-electron chi connectivity index (χ1n) is 6.70. The molecule has 7 heteroatoms. The number of anilines is 2. The number of nitrogens with two attached hydrogens (primary N) is 1. The van der Waals surface area contributed by atoms with Gasteiger partial charge in [-0.1, -0.05) is 41.4 Å². The number of halogens is 2. The normalized spacial score (nSPS) is 11.6. The van der Waals surface area contributed by atoms with Gasteiger partial charge in [0.05, 0.1) is 16.3 Å². The predicted octanol–water partition coefficient (Wildman–Crippen LogP) is 3.76. The molecule has 0 aromatic heterocycles. The molecule has 0 aliphatic rings.